The quantitative estimate of drug-likeness (QED) is 0.193. The SMILES string of the molecule is CCCCCCCCCC1COC(c2ccc(-c3ccc(OCCCCCCCC)cc3)cc2)OC1. The molecule has 0 N–H and O–H groups in total. The average molecular weight is 495 g/mol. The minimum Gasteiger partial charge on any atom is -0.494 e. The Labute approximate surface area is 220 Å². The van der Waals surface area contributed by atoms with Gasteiger partial charge < -0.3 is 14.2 Å². The van der Waals surface area contributed by atoms with E-state index < -0.39 is 0 Å². The van der Waals surface area contributed by atoms with Gasteiger partial charge in [-0.25, -0.2) is 0 Å². The Morgan fingerprint density at radius 2 is 1.11 bits per heavy atom. The standard InChI is InChI=1S/C33H50O3/c1-3-5-7-9-11-12-14-16-28-26-35-33(36-27-28)31-19-17-29(18-20-31)30-21-23-32(24-22-30)34-25-15-13-10-8-6-4-2/h17-24,28,33H,3-16,25-27H2,1-2H3. The Bertz CT molecular complexity index is 791. The van der Waals surface area contributed by atoms with Crippen LogP contribution in [0.2, 0.25) is 0 Å². The van der Waals surface area contributed by atoms with Crippen LogP contribution >= 0.6 is 0 Å². The van der Waals surface area contributed by atoms with Gasteiger partial charge in [-0.15, -0.1) is 0 Å². The highest BCUT2D eigenvalue weighted by Crippen LogP contribution is 2.30. The van der Waals surface area contributed by atoms with Crippen LogP contribution in [0.25, 0.3) is 11.1 Å². The number of hydrogen-bond donors (Lipinski definition) is 0. The first-order valence-electron chi connectivity index (χ1n) is 14.9. The van der Waals surface area contributed by atoms with Crippen molar-refractivity contribution in [1.82, 2.24) is 0 Å². The third-order valence-corrected chi connectivity index (χ3v) is 7.32. The normalized spacial score (nSPS) is 17.8. The maximum Gasteiger partial charge on any atom is 0.183 e. The van der Waals surface area contributed by atoms with Crippen LogP contribution in [0.5, 0.6) is 5.75 Å². The Morgan fingerprint density at radius 1 is 0.611 bits per heavy atom. The average Bonchev–Trinajstić information content (AvgIpc) is 2.93. The van der Waals surface area contributed by atoms with Gasteiger partial charge in [0.1, 0.15) is 5.75 Å². The molecule has 3 nitrogen and oxygen atoms in total. The van der Waals surface area contributed by atoms with Gasteiger partial charge in [0, 0.05) is 11.5 Å². The highest BCUT2D eigenvalue weighted by molar-refractivity contribution is 5.64. The molecule has 1 aliphatic heterocycles. The van der Waals surface area contributed by atoms with Crippen LogP contribution in [0, 0.1) is 5.92 Å². The summed E-state index contributed by atoms with van der Waals surface area (Å²) in [5.41, 5.74) is 3.51. The second kappa shape index (κ2) is 17.6. The van der Waals surface area contributed by atoms with Gasteiger partial charge in [-0.1, -0.05) is 127 Å². The van der Waals surface area contributed by atoms with Crippen molar-refractivity contribution in [1.29, 1.82) is 0 Å². The fraction of sp³-hybridized carbons (Fsp3) is 0.636. The summed E-state index contributed by atoms with van der Waals surface area (Å²) < 4.78 is 18.1. The van der Waals surface area contributed by atoms with E-state index in [-0.39, 0.29) is 6.29 Å². The predicted molar refractivity (Wildman–Crippen MR) is 151 cm³/mol. The smallest absolute Gasteiger partial charge is 0.183 e. The van der Waals surface area contributed by atoms with Gasteiger partial charge in [0.15, 0.2) is 6.29 Å². The fourth-order valence-electron chi connectivity index (χ4n) is 4.94. The second-order valence-corrected chi connectivity index (χ2v) is 10.5. The van der Waals surface area contributed by atoms with Gasteiger partial charge in [-0.2, -0.15) is 0 Å². The van der Waals surface area contributed by atoms with Crippen molar-refractivity contribution >= 4 is 0 Å². The van der Waals surface area contributed by atoms with E-state index in [1.54, 1.807) is 0 Å². The lowest BCUT2D eigenvalue weighted by atomic mass is 10.00. The molecule has 0 atom stereocenters. The molecule has 1 saturated heterocycles. The van der Waals surface area contributed by atoms with Crippen molar-refractivity contribution in [2.24, 2.45) is 5.92 Å². The molecular formula is C33H50O3. The molecule has 36 heavy (non-hydrogen) atoms. The Morgan fingerprint density at radius 3 is 1.69 bits per heavy atom. The van der Waals surface area contributed by atoms with Crippen LogP contribution in [-0.4, -0.2) is 19.8 Å². The molecule has 1 fully saturated rings. The molecule has 200 valence electrons. The summed E-state index contributed by atoms with van der Waals surface area (Å²) in [5, 5.41) is 0. The van der Waals surface area contributed by atoms with E-state index in [0.29, 0.717) is 5.92 Å². The third-order valence-electron chi connectivity index (χ3n) is 7.32. The Kier molecular flexibility index (Phi) is 14.0. The van der Waals surface area contributed by atoms with Crippen molar-refractivity contribution in [3.63, 3.8) is 0 Å². The number of ether oxygens (including phenoxy) is 3. The summed E-state index contributed by atoms with van der Waals surface area (Å²) in [6.45, 7) is 6.96. The molecule has 2 aromatic carbocycles. The maximum atomic E-state index is 6.08. The van der Waals surface area contributed by atoms with Crippen molar-refractivity contribution in [2.75, 3.05) is 19.8 Å². The molecule has 0 amide bonds. The van der Waals surface area contributed by atoms with E-state index in [0.717, 1.165) is 37.6 Å². The molecule has 0 aliphatic carbocycles. The zero-order chi connectivity index (χ0) is 25.3. The maximum absolute atomic E-state index is 6.08. The van der Waals surface area contributed by atoms with Gasteiger partial charge in [0.2, 0.25) is 0 Å². The van der Waals surface area contributed by atoms with Crippen molar-refractivity contribution in [3.8, 4) is 16.9 Å². The van der Waals surface area contributed by atoms with Gasteiger partial charge >= 0.3 is 0 Å². The van der Waals surface area contributed by atoms with E-state index >= 15 is 0 Å². The first-order chi connectivity index (χ1) is 17.8. The summed E-state index contributed by atoms with van der Waals surface area (Å²) in [6.07, 6.45) is 18.2. The van der Waals surface area contributed by atoms with Crippen LogP contribution in [0.4, 0.5) is 0 Å². The summed E-state index contributed by atoms with van der Waals surface area (Å²) in [6, 6.07) is 17.1. The van der Waals surface area contributed by atoms with Gasteiger partial charge in [0.05, 0.1) is 19.8 Å². The Balaban J connectivity index is 1.33. The molecule has 0 aromatic heterocycles. The van der Waals surface area contributed by atoms with E-state index in [9.17, 15) is 0 Å². The minimum absolute atomic E-state index is 0.234. The zero-order valence-corrected chi connectivity index (χ0v) is 23.0. The lowest BCUT2D eigenvalue weighted by molar-refractivity contribution is -0.206. The van der Waals surface area contributed by atoms with Crippen molar-refractivity contribution in [3.05, 3.63) is 54.1 Å². The molecule has 2 aromatic rings. The topological polar surface area (TPSA) is 27.7 Å². The van der Waals surface area contributed by atoms with E-state index in [1.807, 2.05) is 0 Å². The van der Waals surface area contributed by atoms with Gasteiger partial charge in [-0.3, -0.25) is 0 Å². The van der Waals surface area contributed by atoms with Gasteiger partial charge in [-0.05, 0) is 36.1 Å². The lowest BCUT2D eigenvalue weighted by Gasteiger charge is -2.29. The van der Waals surface area contributed by atoms with Crippen LogP contribution in [0.3, 0.4) is 0 Å². The predicted octanol–water partition coefficient (Wildman–Crippen LogP) is 9.90. The summed E-state index contributed by atoms with van der Waals surface area (Å²) in [4.78, 5) is 0. The fourth-order valence-corrected chi connectivity index (χ4v) is 4.94. The van der Waals surface area contributed by atoms with Crippen molar-refractivity contribution < 1.29 is 14.2 Å². The highest BCUT2D eigenvalue weighted by atomic mass is 16.7. The van der Waals surface area contributed by atoms with Crippen LogP contribution in [0.15, 0.2) is 48.5 Å². The van der Waals surface area contributed by atoms with E-state index in [1.165, 1.54) is 94.6 Å². The highest BCUT2D eigenvalue weighted by Gasteiger charge is 2.23. The lowest BCUT2D eigenvalue weighted by Crippen LogP contribution is -2.27. The molecule has 3 rings (SSSR count). The molecule has 1 heterocycles. The summed E-state index contributed by atoms with van der Waals surface area (Å²) >= 11 is 0. The zero-order valence-electron chi connectivity index (χ0n) is 23.0. The minimum atomic E-state index is -0.234. The first kappa shape index (κ1) is 28.7. The third kappa shape index (κ3) is 10.6. The molecule has 1 aliphatic rings. The van der Waals surface area contributed by atoms with Crippen LogP contribution < -0.4 is 4.74 Å². The first-order valence-corrected chi connectivity index (χ1v) is 14.9. The molecule has 3 heteroatoms. The number of unbranched alkanes of at least 4 members (excludes halogenated alkanes) is 11. The Hall–Kier alpha value is -1.84. The van der Waals surface area contributed by atoms with Gasteiger partial charge in [0.25, 0.3) is 0 Å². The summed E-state index contributed by atoms with van der Waals surface area (Å²) in [7, 11) is 0. The number of hydrogen-bond acceptors (Lipinski definition) is 3. The monoisotopic (exact) mass is 494 g/mol. The molecule has 0 unspecified atom stereocenters. The van der Waals surface area contributed by atoms with E-state index in [2.05, 4.69) is 62.4 Å². The summed E-state index contributed by atoms with van der Waals surface area (Å²) in [5.74, 6) is 1.50. The molecule has 0 spiro atoms. The molecule has 0 bridgehead atoms. The van der Waals surface area contributed by atoms with E-state index in [4.69, 9.17) is 14.2 Å². The molecule has 0 saturated carbocycles. The van der Waals surface area contributed by atoms with Crippen LogP contribution in [-0.2, 0) is 9.47 Å². The second-order valence-electron chi connectivity index (χ2n) is 10.5. The molecule has 0 radical (unpaired) electrons. The van der Waals surface area contributed by atoms with Crippen LogP contribution in [0.1, 0.15) is 116 Å². The number of benzene rings is 2. The molecular weight excluding hydrogens is 444 g/mol. The van der Waals surface area contributed by atoms with Crippen molar-refractivity contribution in [2.45, 2.75) is 110 Å². The largest absolute Gasteiger partial charge is 0.494 e. The number of rotatable bonds is 18.